The summed E-state index contributed by atoms with van der Waals surface area (Å²) < 4.78 is 10.5. The van der Waals surface area contributed by atoms with Gasteiger partial charge in [0.25, 0.3) is 0 Å². The number of methoxy groups -OCH3 is 1. The first-order chi connectivity index (χ1) is 10.3. The van der Waals surface area contributed by atoms with E-state index in [1.807, 2.05) is 12.1 Å². The Morgan fingerprint density at radius 3 is 2.67 bits per heavy atom. The quantitative estimate of drug-likeness (QED) is 0.640. The maximum atomic E-state index is 11.9. The lowest BCUT2D eigenvalue weighted by atomic mass is 10.2. The van der Waals surface area contributed by atoms with Crippen molar-refractivity contribution in [1.82, 2.24) is 4.98 Å². The fraction of sp³-hybridized carbons (Fsp3) is 0.0625. The molecule has 5 nitrogen and oxygen atoms in total. The molecular formula is C16H12N2O3. The van der Waals surface area contributed by atoms with Crippen molar-refractivity contribution in [2.45, 2.75) is 0 Å². The van der Waals surface area contributed by atoms with E-state index in [0.29, 0.717) is 11.3 Å². The molecule has 0 N–H and O–H groups in total. The number of para-hydroxylation sites is 1. The minimum atomic E-state index is -0.479. The summed E-state index contributed by atoms with van der Waals surface area (Å²) in [5, 5.41) is 0. The number of carbonyl (C=O) groups is 1. The van der Waals surface area contributed by atoms with Gasteiger partial charge >= 0.3 is 5.97 Å². The zero-order chi connectivity index (χ0) is 14.7. The summed E-state index contributed by atoms with van der Waals surface area (Å²) in [6.07, 6.45) is 4.96. The zero-order valence-corrected chi connectivity index (χ0v) is 11.3. The van der Waals surface area contributed by atoms with E-state index < -0.39 is 5.97 Å². The van der Waals surface area contributed by atoms with Crippen LogP contribution >= 0.6 is 0 Å². The first-order valence-electron chi connectivity index (χ1n) is 6.34. The lowest BCUT2D eigenvalue weighted by molar-refractivity contribution is -0.129. The molecule has 0 radical (unpaired) electrons. The third kappa shape index (κ3) is 2.67. The molecule has 1 aliphatic rings. The molecule has 1 aromatic carbocycles. The van der Waals surface area contributed by atoms with Gasteiger partial charge in [-0.05, 0) is 35.9 Å². The average molecular weight is 280 g/mol. The molecule has 1 aromatic heterocycles. The number of esters is 1. The van der Waals surface area contributed by atoms with E-state index >= 15 is 0 Å². The zero-order valence-electron chi connectivity index (χ0n) is 11.3. The van der Waals surface area contributed by atoms with Crippen LogP contribution in [-0.2, 0) is 9.53 Å². The van der Waals surface area contributed by atoms with Gasteiger partial charge in [-0.15, -0.1) is 0 Å². The third-order valence-corrected chi connectivity index (χ3v) is 2.97. The third-order valence-electron chi connectivity index (χ3n) is 2.97. The van der Waals surface area contributed by atoms with Crippen LogP contribution < -0.4 is 4.74 Å². The lowest BCUT2D eigenvalue weighted by Crippen LogP contribution is -2.06. The van der Waals surface area contributed by atoms with Crippen LogP contribution in [0.4, 0.5) is 0 Å². The van der Waals surface area contributed by atoms with E-state index in [4.69, 9.17) is 9.47 Å². The van der Waals surface area contributed by atoms with Gasteiger partial charge in [-0.3, -0.25) is 4.98 Å². The molecule has 0 fully saturated rings. The van der Waals surface area contributed by atoms with E-state index in [1.54, 1.807) is 49.8 Å². The summed E-state index contributed by atoms with van der Waals surface area (Å²) in [5.41, 5.74) is 1.73. The van der Waals surface area contributed by atoms with Crippen molar-refractivity contribution >= 4 is 17.9 Å². The van der Waals surface area contributed by atoms with Crippen LogP contribution in [0, 0.1) is 0 Å². The number of rotatable bonds is 3. The smallest absolute Gasteiger partial charge is 0.363 e. The second kappa shape index (κ2) is 5.58. The van der Waals surface area contributed by atoms with Crippen LogP contribution in [0.3, 0.4) is 0 Å². The van der Waals surface area contributed by atoms with E-state index in [-0.39, 0.29) is 11.6 Å². The molecule has 5 heteroatoms. The molecule has 3 rings (SSSR count). The fourth-order valence-corrected chi connectivity index (χ4v) is 1.96. The summed E-state index contributed by atoms with van der Waals surface area (Å²) in [6.45, 7) is 0. The van der Waals surface area contributed by atoms with Gasteiger partial charge < -0.3 is 9.47 Å². The summed E-state index contributed by atoms with van der Waals surface area (Å²) in [6, 6.07) is 10.8. The SMILES string of the molecule is COc1ccccc1C1=N/C(=C\c2ccncc2)C(=O)O1. The number of aliphatic imine (C=N–C) groups is 1. The van der Waals surface area contributed by atoms with Gasteiger partial charge in [0, 0.05) is 12.4 Å². The van der Waals surface area contributed by atoms with Gasteiger partial charge in [-0.2, -0.15) is 0 Å². The molecule has 104 valence electrons. The van der Waals surface area contributed by atoms with Gasteiger partial charge in [-0.25, -0.2) is 9.79 Å². The first-order valence-corrected chi connectivity index (χ1v) is 6.34. The molecule has 0 atom stereocenters. The maximum absolute atomic E-state index is 11.9. The Kier molecular flexibility index (Phi) is 3.47. The highest BCUT2D eigenvalue weighted by atomic mass is 16.6. The van der Waals surface area contributed by atoms with E-state index in [9.17, 15) is 4.79 Å². The number of ether oxygens (including phenoxy) is 2. The van der Waals surface area contributed by atoms with Gasteiger partial charge in [0.1, 0.15) is 5.75 Å². The second-order valence-corrected chi connectivity index (χ2v) is 4.32. The number of hydrogen-bond acceptors (Lipinski definition) is 5. The van der Waals surface area contributed by atoms with Crippen molar-refractivity contribution < 1.29 is 14.3 Å². The number of benzene rings is 1. The number of aromatic nitrogens is 1. The highest BCUT2D eigenvalue weighted by Gasteiger charge is 2.25. The molecular weight excluding hydrogens is 268 g/mol. The van der Waals surface area contributed by atoms with Crippen molar-refractivity contribution in [1.29, 1.82) is 0 Å². The molecule has 0 aliphatic carbocycles. The Morgan fingerprint density at radius 2 is 1.90 bits per heavy atom. The highest BCUT2D eigenvalue weighted by molar-refractivity contribution is 6.13. The first kappa shape index (κ1) is 13.1. The Balaban J connectivity index is 1.98. The van der Waals surface area contributed by atoms with Gasteiger partial charge in [0.05, 0.1) is 12.7 Å². The monoisotopic (exact) mass is 280 g/mol. The molecule has 2 aromatic rings. The van der Waals surface area contributed by atoms with Crippen molar-refractivity contribution in [2.24, 2.45) is 4.99 Å². The Bertz CT molecular complexity index is 736. The van der Waals surface area contributed by atoms with Crippen molar-refractivity contribution in [3.63, 3.8) is 0 Å². The molecule has 0 unspecified atom stereocenters. The molecule has 1 aliphatic heterocycles. The molecule has 0 bridgehead atoms. The number of hydrogen-bond donors (Lipinski definition) is 0. The summed E-state index contributed by atoms with van der Waals surface area (Å²) in [4.78, 5) is 20.1. The number of nitrogens with zero attached hydrogens (tertiary/aromatic N) is 2. The summed E-state index contributed by atoms with van der Waals surface area (Å²) >= 11 is 0. The average Bonchev–Trinajstić information content (AvgIpc) is 2.89. The highest BCUT2D eigenvalue weighted by Crippen LogP contribution is 2.24. The molecule has 0 amide bonds. The van der Waals surface area contributed by atoms with Crippen molar-refractivity contribution in [3.8, 4) is 5.75 Å². The standard InChI is InChI=1S/C16H12N2O3/c1-20-14-5-3-2-4-12(14)15-18-13(16(19)21-15)10-11-6-8-17-9-7-11/h2-10H,1H3/b13-10-. The van der Waals surface area contributed by atoms with Crippen LogP contribution in [0.5, 0.6) is 5.75 Å². The number of carbonyl (C=O) groups excluding carboxylic acids is 1. The molecule has 0 spiro atoms. The largest absolute Gasteiger partial charge is 0.496 e. The lowest BCUT2D eigenvalue weighted by Gasteiger charge is -2.05. The maximum Gasteiger partial charge on any atom is 0.363 e. The van der Waals surface area contributed by atoms with Crippen molar-refractivity contribution in [2.75, 3.05) is 7.11 Å². The minimum Gasteiger partial charge on any atom is -0.496 e. The normalized spacial score (nSPS) is 15.8. The molecule has 2 heterocycles. The van der Waals surface area contributed by atoms with Gasteiger partial charge in [0.15, 0.2) is 5.70 Å². The van der Waals surface area contributed by atoms with E-state index in [2.05, 4.69) is 9.98 Å². The predicted octanol–water partition coefficient (Wildman–Crippen LogP) is 2.43. The van der Waals surface area contributed by atoms with Gasteiger partial charge in [0.2, 0.25) is 5.90 Å². The second-order valence-electron chi connectivity index (χ2n) is 4.32. The summed E-state index contributed by atoms with van der Waals surface area (Å²) in [7, 11) is 1.56. The Morgan fingerprint density at radius 1 is 1.14 bits per heavy atom. The van der Waals surface area contributed by atoms with Gasteiger partial charge in [-0.1, -0.05) is 12.1 Å². The van der Waals surface area contributed by atoms with E-state index in [0.717, 1.165) is 5.56 Å². The van der Waals surface area contributed by atoms with Crippen molar-refractivity contribution in [3.05, 3.63) is 65.6 Å². The Hall–Kier alpha value is -2.95. The predicted molar refractivity (Wildman–Crippen MR) is 77.8 cm³/mol. The minimum absolute atomic E-state index is 0.248. The fourth-order valence-electron chi connectivity index (χ4n) is 1.96. The van der Waals surface area contributed by atoms with Crippen LogP contribution in [0.15, 0.2) is 59.5 Å². The molecule has 0 saturated carbocycles. The van der Waals surface area contributed by atoms with Crippen LogP contribution in [0.2, 0.25) is 0 Å². The van der Waals surface area contributed by atoms with E-state index in [1.165, 1.54) is 0 Å². The van der Waals surface area contributed by atoms with Crippen LogP contribution in [-0.4, -0.2) is 24.0 Å². The molecule has 21 heavy (non-hydrogen) atoms. The Labute approximate surface area is 121 Å². The topological polar surface area (TPSA) is 60.8 Å². The molecule has 0 saturated heterocycles. The number of pyridine rings is 1. The summed E-state index contributed by atoms with van der Waals surface area (Å²) in [5.74, 6) is 0.375. The van der Waals surface area contributed by atoms with Crippen LogP contribution in [0.1, 0.15) is 11.1 Å². The van der Waals surface area contributed by atoms with Crippen LogP contribution in [0.25, 0.3) is 6.08 Å². The number of cyclic esters (lactones) is 1.